The van der Waals surface area contributed by atoms with Crippen LogP contribution < -0.4 is 5.73 Å². The number of imidazole rings is 1. The van der Waals surface area contributed by atoms with E-state index in [1.165, 1.54) is 0 Å². The lowest BCUT2D eigenvalue weighted by molar-refractivity contribution is 0.898. The van der Waals surface area contributed by atoms with Crippen molar-refractivity contribution in [2.75, 3.05) is 12.0 Å². The van der Waals surface area contributed by atoms with Gasteiger partial charge in [0.25, 0.3) is 0 Å². The second kappa shape index (κ2) is 3.75. The lowest BCUT2D eigenvalue weighted by Crippen LogP contribution is -1.93. The molecule has 1 aromatic carbocycles. The Hall–Kier alpha value is -1.42. The number of anilines is 1. The van der Waals surface area contributed by atoms with Crippen LogP contribution in [0.1, 0.15) is 0 Å². The molecule has 0 aliphatic heterocycles. The van der Waals surface area contributed by atoms with Gasteiger partial charge in [0, 0.05) is 5.69 Å². The van der Waals surface area contributed by atoms with Crippen molar-refractivity contribution < 1.29 is 0 Å². The molecule has 0 bridgehead atoms. The molecule has 0 spiro atoms. The fraction of sp³-hybridized carbons (Fsp3) is 0.100. The minimum Gasteiger partial charge on any atom is -0.382 e. The third kappa shape index (κ3) is 1.61. The molecular formula is C10H11N3S. The average Bonchev–Trinajstić information content (AvgIpc) is 2.61. The fourth-order valence-corrected chi connectivity index (χ4v) is 1.85. The third-order valence-corrected chi connectivity index (χ3v) is 2.56. The molecule has 0 atom stereocenters. The monoisotopic (exact) mass is 205 g/mol. The Morgan fingerprint density at radius 2 is 2.00 bits per heavy atom. The van der Waals surface area contributed by atoms with Crippen molar-refractivity contribution in [1.82, 2.24) is 9.55 Å². The van der Waals surface area contributed by atoms with E-state index in [0.29, 0.717) is 5.82 Å². The number of nitrogen functional groups attached to an aromatic ring is 1. The van der Waals surface area contributed by atoms with Crippen LogP contribution in [-0.2, 0) is 0 Å². The van der Waals surface area contributed by atoms with Gasteiger partial charge in [-0.05, 0) is 18.4 Å². The van der Waals surface area contributed by atoms with E-state index in [1.54, 1.807) is 11.8 Å². The van der Waals surface area contributed by atoms with E-state index in [0.717, 1.165) is 10.8 Å². The van der Waals surface area contributed by atoms with Crippen molar-refractivity contribution in [2.24, 2.45) is 0 Å². The molecule has 72 valence electrons. The maximum absolute atomic E-state index is 5.65. The predicted octanol–water partition coefficient (Wildman–Crippen LogP) is 2.18. The van der Waals surface area contributed by atoms with E-state index >= 15 is 0 Å². The molecule has 1 aromatic heterocycles. The van der Waals surface area contributed by atoms with Crippen LogP contribution in [0.25, 0.3) is 5.69 Å². The zero-order valence-corrected chi connectivity index (χ0v) is 8.66. The molecule has 0 aliphatic rings. The average molecular weight is 205 g/mol. The Balaban J connectivity index is 2.51. The summed E-state index contributed by atoms with van der Waals surface area (Å²) < 4.78 is 1.99. The summed E-state index contributed by atoms with van der Waals surface area (Å²) in [6, 6.07) is 10.0. The van der Waals surface area contributed by atoms with E-state index in [2.05, 4.69) is 4.98 Å². The second-order valence-corrected chi connectivity index (χ2v) is 3.63. The highest BCUT2D eigenvalue weighted by molar-refractivity contribution is 7.98. The van der Waals surface area contributed by atoms with Crippen LogP contribution in [0.4, 0.5) is 5.82 Å². The van der Waals surface area contributed by atoms with Gasteiger partial charge in [-0.15, -0.1) is 0 Å². The van der Waals surface area contributed by atoms with Crippen LogP contribution in [0.3, 0.4) is 0 Å². The summed E-state index contributed by atoms with van der Waals surface area (Å²) in [4.78, 5) is 4.21. The number of hydrogen-bond acceptors (Lipinski definition) is 3. The summed E-state index contributed by atoms with van der Waals surface area (Å²) in [6.07, 6.45) is 3.82. The number of para-hydroxylation sites is 1. The molecule has 3 nitrogen and oxygen atoms in total. The summed E-state index contributed by atoms with van der Waals surface area (Å²) in [6.45, 7) is 0. The number of nitrogens with zero attached hydrogens (tertiary/aromatic N) is 2. The highest BCUT2D eigenvalue weighted by Gasteiger charge is 2.05. The maximum Gasteiger partial charge on any atom is 0.174 e. The van der Waals surface area contributed by atoms with E-state index in [4.69, 9.17) is 5.73 Å². The molecule has 2 rings (SSSR count). The van der Waals surface area contributed by atoms with Crippen LogP contribution in [-0.4, -0.2) is 15.8 Å². The standard InChI is InChI=1S/C10H11N3S/c1-14-10-12-9(11)7-13(10)8-5-3-2-4-6-8/h2-7H,11H2,1H3. The van der Waals surface area contributed by atoms with Crippen LogP contribution in [0.15, 0.2) is 41.7 Å². The Kier molecular flexibility index (Phi) is 2.45. The first-order chi connectivity index (χ1) is 6.81. The van der Waals surface area contributed by atoms with Crippen molar-refractivity contribution >= 4 is 17.6 Å². The molecule has 4 heteroatoms. The SMILES string of the molecule is CSc1nc(N)cn1-c1ccccc1. The summed E-state index contributed by atoms with van der Waals surface area (Å²) in [7, 11) is 0. The minimum atomic E-state index is 0.554. The molecule has 0 saturated carbocycles. The molecule has 0 aliphatic carbocycles. The molecule has 0 saturated heterocycles. The van der Waals surface area contributed by atoms with Crippen LogP contribution in [0.2, 0.25) is 0 Å². The van der Waals surface area contributed by atoms with Crippen molar-refractivity contribution in [2.45, 2.75) is 5.16 Å². The van der Waals surface area contributed by atoms with Crippen LogP contribution in [0.5, 0.6) is 0 Å². The molecule has 0 amide bonds. The number of hydrogen-bond donors (Lipinski definition) is 1. The molecule has 0 fully saturated rings. The van der Waals surface area contributed by atoms with Crippen LogP contribution >= 0.6 is 11.8 Å². The Bertz CT molecular complexity index is 422. The zero-order valence-electron chi connectivity index (χ0n) is 7.84. The fourth-order valence-electron chi connectivity index (χ4n) is 1.30. The molecule has 0 unspecified atom stereocenters. The topological polar surface area (TPSA) is 43.8 Å². The normalized spacial score (nSPS) is 10.4. The number of rotatable bonds is 2. The van der Waals surface area contributed by atoms with Gasteiger partial charge >= 0.3 is 0 Å². The van der Waals surface area contributed by atoms with Gasteiger partial charge in [-0.25, -0.2) is 4.98 Å². The van der Waals surface area contributed by atoms with Gasteiger partial charge in [0.15, 0.2) is 5.16 Å². The maximum atomic E-state index is 5.65. The smallest absolute Gasteiger partial charge is 0.174 e. The molecule has 2 N–H and O–H groups in total. The Morgan fingerprint density at radius 3 is 2.64 bits per heavy atom. The van der Waals surface area contributed by atoms with Crippen LogP contribution in [0, 0.1) is 0 Å². The molecule has 0 radical (unpaired) electrons. The van der Waals surface area contributed by atoms with Crippen molar-refractivity contribution in [3.63, 3.8) is 0 Å². The highest BCUT2D eigenvalue weighted by Crippen LogP contribution is 2.20. The number of nitrogens with two attached hydrogens (primary N) is 1. The van der Waals surface area contributed by atoms with E-state index in [9.17, 15) is 0 Å². The summed E-state index contributed by atoms with van der Waals surface area (Å²) >= 11 is 1.58. The van der Waals surface area contributed by atoms with E-state index in [1.807, 2.05) is 47.4 Å². The third-order valence-electron chi connectivity index (χ3n) is 1.91. The van der Waals surface area contributed by atoms with E-state index in [-0.39, 0.29) is 0 Å². The lowest BCUT2D eigenvalue weighted by Gasteiger charge is -2.03. The predicted molar refractivity (Wildman–Crippen MR) is 59.8 cm³/mol. The van der Waals surface area contributed by atoms with Gasteiger partial charge in [0.05, 0.1) is 6.20 Å². The zero-order chi connectivity index (χ0) is 9.97. The number of thioether (sulfide) groups is 1. The van der Waals surface area contributed by atoms with Crippen molar-refractivity contribution in [1.29, 1.82) is 0 Å². The first-order valence-electron chi connectivity index (χ1n) is 4.25. The largest absolute Gasteiger partial charge is 0.382 e. The van der Waals surface area contributed by atoms with Gasteiger partial charge < -0.3 is 5.73 Å². The van der Waals surface area contributed by atoms with E-state index < -0.39 is 0 Å². The summed E-state index contributed by atoms with van der Waals surface area (Å²) in [5, 5.41) is 0.911. The first kappa shape index (κ1) is 9.15. The Morgan fingerprint density at radius 1 is 1.29 bits per heavy atom. The molecule has 14 heavy (non-hydrogen) atoms. The molecule has 1 heterocycles. The van der Waals surface area contributed by atoms with Crippen molar-refractivity contribution in [3.8, 4) is 5.69 Å². The van der Waals surface area contributed by atoms with Gasteiger partial charge in [-0.2, -0.15) is 0 Å². The number of benzene rings is 1. The minimum absolute atomic E-state index is 0.554. The number of aromatic nitrogens is 2. The van der Waals surface area contributed by atoms with Crippen molar-refractivity contribution in [3.05, 3.63) is 36.5 Å². The van der Waals surface area contributed by atoms with Gasteiger partial charge in [0.1, 0.15) is 5.82 Å². The molecule has 2 aromatic rings. The van der Waals surface area contributed by atoms with Gasteiger partial charge in [0.2, 0.25) is 0 Å². The van der Waals surface area contributed by atoms with Gasteiger partial charge in [-0.1, -0.05) is 30.0 Å². The quantitative estimate of drug-likeness (QED) is 0.764. The summed E-state index contributed by atoms with van der Waals surface area (Å²) in [5.74, 6) is 0.554. The summed E-state index contributed by atoms with van der Waals surface area (Å²) in [5.41, 5.74) is 6.73. The Labute approximate surface area is 87.0 Å². The molecular weight excluding hydrogens is 194 g/mol. The second-order valence-electron chi connectivity index (χ2n) is 2.86. The lowest BCUT2D eigenvalue weighted by atomic mass is 10.3. The first-order valence-corrected chi connectivity index (χ1v) is 5.48. The highest BCUT2D eigenvalue weighted by atomic mass is 32.2. The van der Waals surface area contributed by atoms with Gasteiger partial charge in [-0.3, -0.25) is 4.57 Å².